The van der Waals surface area contributed by atoms with Gasteiger partial charge < -0.3 is 19.9 Å². The van der Waals surface area contributed by atoms with E-state index < -0.39 is 24.1 Å². The Kier molecular flexibility index (Phi) is 5.33. The quantitative estimate of drug-likeness (QED) is 0.773. The largest absolute Gasteiger partial charge is 0.479 e. The maximum Gasteiger partial charge on any atom is 0.335 e. The van der Waals surface area contributed by atoms with Crippen LogP contribution in [-0.4, -0.2) is 40.3 Å². The Morgan fingerprint density at radius 2 is 2.04 bits per heavy atom. The third-order valence-electron chi connectivity index (χ3n) is 3.08. The summed E-state index contributed by atoms with van der Waals surface area (Å²) in [7, 11) is 0. The number of pyridine rings is 1. The Labute approximate surface area is 142 Å². The van der Waals surface area contributed by atoms with Crippen LogP contribution in [0.5, 0.6) is 5.88 Å². The predicted molar refractivity (Wildman–Crippen MR) is 84.2 cm³/mol. The van der Waals surface area contributed by atoms with E-state index in [4.69, 9.17) is 37.8 Å². The van der Waals surface area contributed by atoms with Crippen LogP contribution in [0.25, 0.3) is 0 Å². The molecule has 0 spiro atoms. The van der Waals surface area contributed by atoms with Crippen molar-refractivity contribution in [2.24, 2.45) is 0 Å². The van der Waals surface area contributed by atoms with E-state index in [-0.39, 0.29) is 27.8 Å². The summed E-state index contributed by atoms with van der Waals surface area (Å²) in [5.74, 6) is -1.42. The average molecular weight is 363 g/mol. The lowest BCUT2D eigenvalue weighted by atomic mass is 10.3. The second-order valence-electron chi connectivity index (χ2n) is 5.41. The Hall–Kier alpha value is -1.57. The molecule has 0 saturated heterocycles. The fraction of sp³-hybridized carbons (Fsp3) is 0.500. The number of anilines is 1. The van der Waals surface area contributed by atoms with Gasteiger partial charge in [-0.3, -0.25) is 4.79 Å². The van der Waals surface area contributed by atoms with Crippen LogP contribution in [-0.2, 0) is 14.3 Å². The van der Waals surface area contributed by atoms with Crippen molar-refractivity contribution in [2.45, 2.75) is 38.4 Å². The van der Waals surface area contributed by atoms with Gasteiger partial charge in [-0.1, -0.05) is 23.2 Å². The van der Waals surface area contributed by atoms with Crippen molar-refractivity contribution in [2.75, 3.05) is 11.9 Å². The van der Waals surface area contributed by atoms with Crippen LogP contribution >= 0.6 is 23.2 Å². The summed E-state index contributed by atoms with van der Waals surface area (Å²) in [4.78, 5) is 26.9. The predicted octanol–water partition coefficient (Wildman–Crippen LogP) is 2.75. The maximum absolute atomic E-state index is 11.9. The molecule has 2 rings (SSSR count). The number of carbonyl (C=O) groups is 2. The molecule has 1 aliphatic rings. The van der Waals surface area contributed by atoms with Crippen molar-refractivity contribution in [1.29, 1.82) is 0 Å². The van der Waals surface area contributed by atoms with Crippen LogP contribution in [0.4, 0.5) is 5.82 Å². The van der Waals surface area contributed by atoms with Crippen LogP contribution in [0.2, 0.25) is 10.0 Å². The van der Waals surface area contributed by atoms with Crippen LogP contribution in [0.1, 0.15) is 26.7 Å². The number of carboxylic acids is 1. The van der Waals surface area contributed by atoms with Crippen molar-refractivity contribution < 1.29 is 24.2 Å². The van der Waals surface area contributed by atoms with Crippen molar-refractivity contribution in [3.05, 3.63) is 16.1 Å². The van der Waals surface area contributed by atoms with Gasteiger partial charge in [-0.05, 0) is 32.8 Å². The van der Waals surface area contributed by atoms with E-state index in [2.05, 4.69) is 10.3 Å². The number of hydrogen-bond donors (Lipinski definition) is 2. The Morgan fingerprint density at radius 3 is 2.57 bits per heavy atom. The van der Waals surface area contributed by atoms with Crippen LogP contribution in [0, 0.1) is 0 Å². The SMILES string of the molecule is CC(C)Oc1nc(NC(=O)COC2(C(=O)O)CC2)c(Cl)cc1Cl. The van der Waals surface area contributed by atoms with Gasteiger partial charge in [0.25, 0.3) is 5.91 Å². The molecule has 0 bridgehead atoms. The van der Waals surface area contributed by atoms with E-state index in [1.54, 1.807) is 13.8 Å². The molecule has 7 nitrogen and oxygen atoms in total. The van der Waals surface area contributed by atoms with E-state index in [1.165, 1.54) is 6.07 Å². The van der Waals surface area contributed by atoms with Gasteiger partial charge in [0.1, 0.15) is 11.6 Å². The fourth-order valence-electron chi connectivity index (χ4n) is 1.75. The Bertz CT molecular complexity index is 632. The summed E-state index contributed by atoms with van der Waals surface area (Å²) in [6.07, 6.45) is 0.627. The number of aromatic nitrogens is 1. The van der Waals surface area contributed by atoms with Crippen LogP contribution in [0.3, 0.4) is 0 Å². The normalized spacial score (nSPS) is 15.3. The third kappa shape index (κ3) is 4.46. The molecule has 1 aromatic heterocycles. The minimum atomic E-state index is -1.24. The Morgan fingerprint density at radius 1 is 1.39 bits per heavy atom. The third-order valence-corrected chi connectivity index (χ3v) is 3.63. The van der Waals surface area contributed by atoms with Crippen molar-refractivity contribution in [1.82, 2.24) is 4.98 Å². The first-order chi connectivity index (χ1) is 10.7. The molecule has 23 heavy (non-hydrogen) atoms. The molecule has 1 fully saturated rings. The van der Waals surface area contributed by atoms with Gasteiger partial charge in [-0.2, -0.15) is 4.98 Å². The summed E-state index contributed by atoms with van der Waals surface area (Å²) in [5.41, 5.74) is -1.24. The summed E-state index contributed by atoms with van der Waals surface area (Å²) in [5, 5.41) is 11.8. The number of aliphatic carboxylic acids is 1. The lowest BCUT2D eigenvalue weighted by molar-refractivity contribution is -0.154. The smallest absolute Gasteiger partial charge is 0.335 e. The molecule has 126 valence electrons. The van der Waals surface area contributed by atoms with E-state index in [1.807, 2.05) is 0 Å². The molecule has 0 aromatic carbocycles. The minimum absolute atomic E-state index is 0.0699. The molecule has 1 aliphatic carbocycles. The number of carboxylic acid groups (broad SMARTS) is 1. The topological polar surface area (TPSA) is 97.8 Å². The second-order valence-corrected chi connectivity index (χ2v) is 6.22. The molecular weight excluding hydrogens is 347 g/mol. The fourth-order valence-corrected chi connectivity index (χ4v) is 2.20. The van der Waals surface area contributed by atoms with Crippen LogP contribution < -0.4 is 10.1 Å². The first-order valence-electron chi connectivity index (χ1n) is 6.93. The molecule has 1 amide bonds. The van der Waals surface area contributed by atoms with Gasteiger partial charge in [-0.15, -0.1) is 0 Å². The number of nitrogens with zero attached hydrogens (tertiary/aromatic N) is 1. The van der Waals surface area contributed by atoms with Gasteiger partial charge in [0.15, 0.2) is 11.4 Å². The molecule has 0 radical (unpaired) electrons. The van der Waals surface area contributed by atoms with Gasteiger partial charge in [0, 0.05) is 0 Å². The highest BCUT2D eigenvalue weighted by Crippen LogP contribution is 2.39. The van der Waals surface area contributed by atoms with Gasteiger partial charge in [0.05, 0.1) is 11.1 Å². The molecule has 0 aliphatic heterocycles. The van der Waals surface area contributed by atoms with Gasteiger partial charge >= 0.3 is 5.97 Å². The van der Waals surface area contributed by atoms with Gasteiger partial charge in [-0.25, -0.2) is 4.79 Å². The first-order valence-corrected chi connectivity index (χ1v) is 7.69. The lowest BCUT2D eigenvalue weighted by Gasteiger charge is -2.14. The lowest BCUT2D eigenvalue weighted by Crippen LogP contribution is -2.30. The van der Waals surface area contributed by atoms with E-state index >= 15 is 0 Å². The molecule has 0 atom stereocenters. The molecule has 1 saturated carbocycles. The van der Waals surface area contributed by atoms with Crippen molar-refractivity contribution >= 4 is 40.9 Å². The van der Waals surface area contributed by atoms with E-state index in [9.17, 15) is 9.59 Å². The zero-order valence-electron chi connectivity index (χ0n) is 12.6. The number of hydrogen-bond acceptors (Lipinski definition) is 5. The highest BCUT2D eigenvalue weighted by atomic mass is 35.5. The summed E-state index contributed by atoms with van der Waals surface area (Å²) < 4.78 is 10.6. The molecule has 0 unspecified atom stereocenters. The molecule has 9 heteroatoms. The van der Waals surface area contributed by atoms with E-state index in [0.29, 0.717) is 12.8 Å². The second kappa shape index (κ2) is 6.90. The zero-order chi connectivity index (χ0) is 17.2. The molecule has 1 heterocycles. The molecule has 2 N–H and O–H groups in total. The van der Waals surface area contributed by atoms with Crippen molar-refractivity contribution in [3.63, 3.8) is 0 Å². The monoisotopic (exact) mass is 362 g/mol. The number of ether oxygens (including phenoxy) is 2. The summed E-state index contributed by atoms with van der Waals surface area (Å²) in [6, 6.07) is 1.41. The average Bonchev–Trinajstić information content (AvgIpc) is 3.22. The summed E-state index contributed by atoms with van der Waals surface area (Å²) in [6.45, 7) is 3.20. The zero-order valence-corrected chi connectivity index (χ0v) is 14.1. The standard InChI is InChI=1S/C14H16Cl2N2O5/c1-7(2)23-12-9(16)5-8(15)11(18-12)17-10(19)6-22-14(3-4-14)13(20)21/h5,7H,3-4,6H2,1-2H3,(H,20,21)(H,17,18,19). The molecular formula is C14H16Cl2N2O5. The first kappa shape index (κ1) is 17.8. The van der Waals surface area contributed by atoms with Crippen molar-refractivity contribution in [3.8, 4) is 5.88 Å². The summed E-state index contributed by atoms with van der Waals surface area (Å²) >= 11 is 12.0. The number of carbonyl (C=O) groups excluding carboxylic acids is 1. The maximum atomic E-state index is 11.9. The highest BCUT2D eigenvalue weighted by molar-refractivity contribution is 6.37. The minimum Gasteiger partial charge on any atom is -0.479 e. The number of nitrogens with one attached hydrogen (secondary N) is 1. The Balaban J connectivity index is 2.01. The number of rotatable bonds is 7. The number of halogens is 2. The van der Waals surface area contributed by atoms with Crippen LogP contribution in [0.15, 0.2) is 6.07 Å². The van der Waals surface area contributed by atoms with Gasteiger partial charge in [0.2, 0.25) is 5.88 Å². The molecule has 1 aromatic rings. The van der Waals surface area contributed by atoms with E-state index in [0.717, 1.165) is 0 Å². The highest BCUT2D eigenvalue weighted by Gasteiger charge is 2.52. The number of amides is 1.